The fourth-order valence-electron chi connectivity index (χ4n) is 4.17. The fraction of sp³-hybridized carbons (Fsp3) is 0.407. The van der Waals surface area contributed by atoms with Crippen molar-refractivity contribution in [2.75, 3.05) is 17.7 Å². The third-order valence-corrected chi connectivity index (χ3v) is 7.67. The first-order valence-electron chi connectivity index (χ1n) is 12.6. The molecule has 7 nitrogen and oxygen atoms in total. The highest BCUT2D eigenvalue weighted by Gasteiger charge is 2.22. The Hall–Kier alpha value is -3.04. The van der Waals surface area contributed by atoms with Crippen LogP contribution in [0.25, 0.3) is 0 Å². The molecule has 3 rings (SSSR count). The smallest absolute Gasteiger partial charge is 0.240 e. The van der Waals surface area contributed by atoms with Gasteiger partial charge in [0.2, 0.25) is 16.0 Å². The number of nitrogens with one attached hydrogen (secondary N) is 3. The summed E-state index contributed by atoms with van der Waals surface area (Å²) in [5.74, 6) is 0.729. The van der Waals surface area contributed by atoms with Gasteiger partial charge in [-0.25, -0.2) is 22.5 Å². The predicted octanol–water partition coefficient (Wildman–Crippen LogP) is 6.87. The zero-order valence-corrected chi connectivity index (χ0v) is 22.0. The monoisotopic (exact) mass is 513 g/mol. The molecule has 1 unspecified atom stereocenters. The Morgan fingerprint density at radius 2 is 1.64 bits per heavy atom. The van der Waals surface area contributed by atoms with Crippen LogP contribution < -0.4 is 15.4 Å². The number of aromatic nitrogens is 2. The Balaban J connectivity index is 1.83. The molecule has 0 aliphatic rings. The highest BCUT2D eigenvalue weighted by molar-refractivity contribution is 7.89. The van der Waals surface area contributed by atoms with Crippen molar-refractivity contribution in [3.63, 3.8) is 0 Å². The largest absolute Gasteiger partial charge is 0.340 e. The third-order valence-electron chi connectivity index (χ3n) is 6.19. The lowest BCUT2D eigenvalue weighted by molar-refractivity contribution is 0.527. The van der Waals surface area contributed by atoms with E-state index in [1.807, 2.05) is 6.07 Å². The minimum Gasteiger partial charge on any atom is -0.340 e. The summed E-state index contributed by atoms with van der Waals surface area (Å²) in [6.45, 7) is 4.29. The molecule has 0 fully saturated rings. The number of halogens is 1. The van der Waals surface area contributed by atoms with Crippen LogP contribution >= 0.6 is 0 Å². The van der Waals surface area contributed by atoms with E-state index in [2.05, 4.69) is 39.2 Å². The van der Waals surface area contributed by atoms with Crippen LogP contribution in [-0.4, -0.2) is 25.4 Å². The summed E-state index contributed by atoms with van der Waals surface area (Å²) in [5, 5.41) is 6.33. The maximum Gasteiger partial charge on any atom is 0.240 e. The molecule has 1 heterocycles. The van der Waals surface area contributed by atoms with E-state index in [0.29, 0.717) is 28.0 Å². The van der Waals surface area contributed by atoms with Gasteiger partial charge in [-0.05, 0) is 79.9 Å². The SMILES string of the molecule is CCCCCCCC(CC)c1cc(Nc2nccc(Nc3ccc(F)cc3)n2)ccc1S(=O)(=O)NC. The zero-order valence-electron chi connectivity index (χ0n) is 21.2. The number of hydrogen-bond acceptors (Lipinski definition) is 6. The Kier molecular flexibility index (Phi) is 10.2. The van der Waals surface area contributed by atoms with Gasteiger partial charge >= 0.3 is 0 Å². The molecular formula is C27H36FN5O2S. The maximum absolute atomic E-state index is 13.2. The van der Waals surface area contributed by atoms with E-state index < -0.39 is 10.0 Å². The Bertz CT molecular complexity index is 1220. The highest BCUT2D eigenvalue weighted by atomic mass is 32.2. The van der Waals surface area contributed by atoms with Gasteiger partial charge in [-0.3, -0.25) is 0 Å². The van der Waals surface area contributed by atoms with Crippen molar-refractivity contribution in [2.45, 2.75) is 69.6 Å². The van der Waals surface area contributed by atoms with Gasteiger partial charge in [-0.1, -0.05) is 46.0 Å². The Morgan fingerprint density at radius 1 is 0.917 bits per heavy atom. The number of sulfonamides is 1. The van der Waals surface area contributed by atoms with Crippen LogP contribution in [0.5, 0.6) is 0 Å². The Morgan fingerprint density at radius 3 is 2.33 bits per heavy atom. The molecule has 1 aromatic heterocycles. The molecule has 0 aliphatic heterocycles. The van der Waals surface area contributed by atoms with Gasteiger partial charge in [-0.15, -0.1) is 0 Å². The maximum atomic E-state index is 13.2. The number of benzene rings is 2. The van der Waals surface area contributed by atoms with Gasteiger partial charge in [0.25, 0.3) is 0 Å². The van der Waals surface area contributed by atoms with Crippen molar-refractivity contribution < 1.29 is 12.8 Å². The van der Waals surface area contributed by atoms with Gasteiger partial charge in [0.1, 0.15) is 11.6 Å². The fourth-order valence-corrected chi connectivity index (χ4v) is 5.18. The summed E-state index contributed by atoms with van der Waals surface area (Å²) in [5.41, 5.74) is 2.21. The van der Waals surface area contributed by atoms with Gasteiger partial charge < -0.3 is 10.6 Å². The second-order valence-electron chi connectivity index (χ2n) is 8.79. The molecule has 0 radical (unpaired) electrons. The van der Waals surface area contributed by atoms with E-state index in [4.69, 9.17) is 0 Å². The third kappa shape index (κ3) is 7.73. The van der Waals surface area contributed by atoms with Crippen molar-refractivity contribution >= 4 is 33.2 Å². The number of rotatable bonds is 14. The zero-order chi connectivity index (χ0) is 26.0. The molecule has 2 aromatic carbocycles. The molecule has 0 saturated heterocycles. The van der Waals surface area contributed by atoms with Crippen molar-refractivity contribution in [2.24, 2.45) is 0 Å². The molecule has 0 amide bonds. The van der Waals surface area contributed by atoms with Gasteiger partial charge in [0.05, 0.1) is 4.90 Å². The first kappa shape index (κ1) is 27.5. The number of anilines is 4. The van der Waals surface area contributed by atoms with Crippen LogP contribution in [0.2, 0.25) is 0 Å². The summed E-state index contributed by atoms with van der Waals surface area (Å²) >= 11 is 0. The molecule has 1 atom stereocenters. The van der Waals surface area contributed by atoms with Crippen LogP contribution in [-0.2, 0) is 10.0 Å². The van der Waals surface area contributed by atoms with Crippen LogP contribution in [0.15, 0.2) is 59.6 Å². The van der Waals surface area contributed by atoms with E-state index in [0.717, 1.165) is 31.2 Å². The van der Waals surface area contributed by atoms with E-state index in [-0.39, 0.29) is 11.7 Å². The highest BCUT2D eigenvalue weighted by Crippen LogP contribution is 2.34. The average Bonchev–Trinajstić information content (AvgIpc) is 2.88. The molecule has 0 aliphatic carbocycles. The summed E-state index contributed by atoms with van der Waals surface area (Å²) < 4.78 is 41.2. The second-order valence-corrected chi connectivity index (χ2v) is 10.6. The summed E-state index contributed by atoms with van der Waals surface area (Å²) in [6.07, 6.45) is 9.24. The van der Waals surface area contributed by atoms with Crippen LogP contribution in [0.4, 0.5) is 27.5 Å². The molecule has 36 heavy (non-hydrogen) atoms. The van der Waals surface area contributed by atoms with Gasteiger partial charge in [0, 0.05) is 17.6 Å². The molecular weight excluding hydrogens is 477 g/mol. The normalized spacial score (nSPS) is 12.3. The number of unbranched alkanes of at least 4 members (excludes halogenated alkanes) is 4. The minimum atomic E-state index is -3.60. The van der Waals surface area contributed by atoms with E-state index in [1.165, 1.54) is 38.4 Å². The van der Waals surface area contributed by atoms with E-state index >= 15 is 0 Å². The first-order chi connectivity index (χ1) is 17.4. The minimum absolute atomic E-state index is 0.124. The Labute approximate surface area is 214 Å². The van der Waals surface area contributed by atoms with Crippen LogP contribution in [0, 0.1) is 5.82 Å². The first-order valence-corrected chi connectivity index (χ1v) is 14.0. The lowest BCUT2D eigenvalue weighted by Crippen LogP contribution is -2.21. The van der Waals surface area contributed by atoms with Crippen molar-refractivity contribution in [3.05, 3.63) is 66.1 Å². The summed E-state index contributed by atoms with van der Waals surface area (Å²) in [4.78, 5) is 9.09. The van der Waals surface area contributed by atoms with Crippen molar-refractivity contribution in [1.82, 2.24) is 14.7 Å². The standard InChI is InChI=1S/C27H36FN5O2S/c1-4-6-7-8-9-10-20(5-2)24-19-23(15-16-25(24)36(34,35)29-3)32-27-30-18-17-26(33-27)31-22-13-11-21(28)12-14-22/h11-20,29H,4-10H2,1-3H3,(H2,30,31,32,33). The molecule has 9 heteroatoms. The van der Waals surface area contributed by atoms with Gasteiger partial charge in [0.15, 0.2) is 0 Å². The second kappa shape index (κ2) is 13.3. The van der Waals surface area contributed by atoms with Crippen LogP contribution in [0.3, 0.4) is 0 Å². The van der Waals surface area contributed by atoms with E-state index in [9.17, 15) is 12.8 Å². The molecule has 0 bridgehead atoms. The topological polar surface area (TPSA) is 96.0 Å². The van der Waals surface area contributed by atoms with Crippen molar-refractivity contribution in [3.8, 4) is 0 Å². The molecule has 3 N–H and O–H groups in total. The lowest BCUT2D eigenvalue weighted by atomic mass is 9.90. The average molecular weight is 514 g/mol. The van der Waals surface area contributed by atoms with E-state index in [1.54, 1.807) is 36.5 Å². The van der Waals surface area contributed by atoms with Crippen molar-refractivity contribution in [1.29, 1.82) is 0 Å². The number of nitrogens with zero attached hydrogens (tertiary/aromatic N) is 2. The lowest BCUT2D eigenvalue weighted by Gasteiger charge is -2.20. The molecule has 0 saturated carbocycles. The summed E-state index contributed by atoms with van der Waals surface area (Å²) in [6, 6.07) is 13.0. The quantitative estimate of drug-likeness (QED) is 0.204. The molecule has 3 aromatic rings. The molecule has 194 valence electrons. The van der Waals surface area contributed by atoms with Gasteiger partial charge in [-0.2, -0.15) is 4.98 Å². The predicted molar refractivity (Wildman–Crippen MR) is 144 cm³/mol. The summed E-state index contributed by atoms with van der Waals surface area (Å²) in [7, 11) is -2.17. The number of hydrogen-bond donors (Lipinski definition) is 3. The molecule has 0 spiro atoms. The van der Waals surface area contributed by atoms with Crippen LogP contribution in [0.1, 0.15) is 70.3 Å².